The van der Waals surface area contributed by atoms with Gasteiger partial charge in [0.15, 0.2) is 0 Å². The van der Waals surface area contributed by atoms with Crippen molar-refractivity contribution in [2.45, 2.75) is 33.2 Å². The summed E-state index contributed by atoms with van der Waals surface area (Å²) in [6, 6.07) is 3.84. The monoisotopic (exact) mass is 390 g/mol. The minimum Gasteiger partial charge on any atom is -0.349 e. The number of hydrogen-bond donors (Lipinski definition) is 2. The van der Waals surface area contributed by atoms with Crippen LogP contribution in [0, 0.1) is 5.41 Å². The molecule has 0 saturated heterocycles. The summed E-state index contributed by atoms with van der Waals surface area (Å²) in [5, 5.41) is 5.85. The molecule has 0 bridgehead atoms. The Morgan fingerprint density at radius 1 is 1.25 bits per heavy atom. The Hall–Kier alpha value is -1.21. The molecule has 2 heterocycles. The van der Waals surface area contributed by atoms with E-state index < -0.39 is 5.41 Å². The molecule has 1 amide bonds. The van der Waals surface area contributed by atoms with Crippen molar-refractivity contribution < 1.29 is 4.79 Å². The Balaban J connectivity index is 0.00000264. The van der Waals surface area contributed by atoms with Gasteiger partial charge in [-0.05, 0) is 25.0 Å². The molecular weight excluding hydrogens is 367 g/mol. The summed E-state index contributed by atoms with van der Waals surface area (Å²) in [6.45, 7) is 4.81. The Morgan fingerprint density at radius 3 is 2.42 bits per heavy atom. The molecule has 2 aromatic heterocycles. The second kappa shape index (κ2) is 10.6. The van der Waals surface area contributed by atoms with E-state index in [1.165, 1.54) is 0 Å². The maximum atomic E-state index is 12.4. The molecule has 0 saturated carbocycles. The first-order valence-corrected chi connectivity index (χ1v) is 8.36. The predicted octanol–water partition coefficient (Wildman–Crippen LogP) is 3.43. The van der Waals surface area contributed by atoms with E-state index in [2.05, 4.69) is 15.3 Å². The number of thiazole rings is 1. The average Bonchev–Trinajstić information content (AvgIpc) is 3.05. The number of nitrogens with zero attached hydrogens (tertiary/aromatic N) is 2. The number of carbonyl (C=O) groups excluding carboxylic acids is 1. The fourth-order valence-corrected chi connectivity index (χ4v) is 3.09. The molecule has 0 aliphatic carbocycles. The molecule has 5 nitrogen and oxygen atoms in total. The van der Waals surface area contributed by atoms with Gasteiger partial charge >= 0.3 is 0 Å². The highest BCUT2D eigenvalue weighted by Gasteiger charge is 2.33. The van der Waals surface area contributed by atoms with E-state index in [9.17, 15) is 4.79 Å². The van der Waals surface area contributed by atoms with E-state index >= 15 is 0 Å². The van der Waals surface area contributed by atoms with Crippen molar-refractivity contribution in [3.8, 4) is 11.3 Å². The van der Waals surface area contributed by atoms with E-state index in [1.54, 1.807) is 23.7 Å². The van der Waals surface area contributed by atoms with Gasteiger partial charge in [0.25, 0.3) is 0 Å². The first-order valence-electron chi connectivity index (χ1n) is 7.48. The van der Waals surface area contributed by atoms with Crippen molar-refractivity contribution in [3.63, 3.8) is 0 Å². The predicted molar refractivity (Wildman–Crippen MR) is 104 cm³/mol. The van der Waals surface area contributed by atoms with E-state index in [4.69, 9.17) is 5.73 Å². The fraction of sp³-hybridized carbons (Fsp3) is 0.438. The van der Waals surface area contributed by atoms with Gasteiger partial charge in [-0.15, -0.1) is 36.2 Å². The minimum absolute atomic E-state index is 0. The number of amides is 1. The minimum atomic E-state index is -0.467. The third kappa shape index (κ3) is 5.14. The van der Waals surface area contributed by atoms with Crippen LogP contribution in [0.15, 0.2) is 29.9 Å². The molecule has 0 aromatic carbocycles. The Bertz CT molecular complexity index is 609. The summed E-state index contributed by atoms with van der Waals surface area (Å²) >= 11 is 1.54. The van der Waals surface area contributed by atoms with Gasteiger partial charge in [0.05, 0.1) is 17.7 Å². The van der Waals surface area contributed by atoms with E-state index in [1.807, 2.05) is 31.4 Å². The third-order valence-corrected chi connectivity index (χ3v) is 5.00. The maximum Gasteiger partial charge on any atom is 0.227 e. The average molecular weight is 391 g/mol. The second-order valence-electron chi connectivity index (χ2n) is 5.24. The molecular formula is C16H24Cl2N4OS. The zero-order valence-electron chi connectivity index (χ0n) is 13.8. The zero-order valence-corrected chi connectivity index (χ0v) is 16.3. The highest BCUT2D eigenvalue weighted by Crippen LogP contribution is 2.26. The number of aromatic nitrogens is 2. The van der Waals surface area contributed by atoms with Gasteiger partial charge in [-0.25, -0.2) is 4.98 Å². The molecule has 134 valence electrons. The van der Waals surface area contributed by atoms with Gasteiger partial charge in [-0.3, -0.25) is 9.78 Å². The molecule has 0 radical (unpaired) electrons. The van der Waals surface area contributed by atoms with Gasteiger partial charge in [0.2, 0.25) is 5.91 Å². The van der Waals surface area contributed by atoms with Crippen LogP contribution in [0.25, 0.3) is 11.3 Å². The lowest BCUT2D eigenvalue weighted by atomic mass is 9.81. The van der Waals surface area contributed by atoms with Gasteiger partial charge in [-0.1, -0.05) is 13.8 Å². The summed E-state index contributed by atoms with van der Waals surface area (Å²) in [4.78, 5) is 20.9. The van der Waals surface area contributed by atoms with Crippen LogP contribution < -0.4 is 11.1 Å². The lowest BCUT2D eigenvalue weighted by Crippen LogP contribution is -2.45. The molecule has 2 rings (SSSR count). The number of nitrogens with one attached hydrogen (secondary N) is 1. The van der Waals surface area contributed by atoms with Crippen molar-refractivity contribution in [1.82, 2.24) is 15.3 Å². The van der Waals surface area contributed by atoms with Crippen molar-refractivity contribution in [3.05, 3.63) is 34.9 Å². The molecule has 8 heteroatoms. The van der Waals surface area contributed by atoms with Gasteiger partial charge in [0, 0.05) is 29.9 Å². The van der Waals surface area contributed by atoms with Crippen molar-refractivity contribution >= 4 is 42.1 Å². The highest BCUT2D eigenvalue weighted by atomic mass is 35.5. The fourth-order valence-electron chi connectivity index (χ4n) is 2.34. The number of halogens is 2. The first kappa shape index (κ1) is 22.8. The lowest BCUT2D eigenvalue weighted by Gasteiger charge is -2.28. The molecule has 2 aromatic rings. The molecule has 24 heavy (non-hydrogen) atoms. The van der Waals surface area contributed by atoms with Gasteiger partial charge in [-0.2, -0.15) is 0 Å². The van der Waals surface area contributed by atoms with E-state index in [0.29, 0.717) is 13.1 Å². The number of carbonyl (C=O) groups is 1. The molecule has 0 atom stereocenters. The summed E-state index contributed by atoms with van der Waals surface area (Å²) in [6.07, 6.45) is 4.97. The number of rotatable bonds is 7. The van der Waals surface area contributed by atoms with Gasteiger partial charge in [0.1, 0.15) is 5.01 Å². The lowest BCUT2D eigenvalue weighted by molar-refractivity contribution is -0.131. The summed E-state index contributed by atoms with van der Waals surface area (Å²) in [7, 11) is 0. The van der Waals surface area contributed by atoms with Crippen molar-refractivity contribution in [1.29, 1.82) is 0 Å². The molecule has 3 N–H and O–H groups in total. The smallest absolute Gasteiger partial charge is 0.227 e. The largest absolute Gasteiger partial charge is 0.349 e. The summed E-state index contributed by atoms with van der Waals surface area (Å²) in [5.74, 6) is 0.0145. The Labute approximate surface area is 159 Å². The van der Waals surface area contributed by atoms with Crippen molar-refractivity contribution in [2.75, 3.05) is 6.54 Å². The highest BCUT2D eigenvalue weighted by molar-refractivity contribution is 7.09. The third-order valence-electron chi connectivity index (χ3n) is 4.15. The van der Waals surface area contributed by atoms with Crippen LogP contribution in [0.3, 0.4) is 0 Å². The molecule has 0 fully saturated rings. The Morgan fingerprint density at radius 2 is 1.88 bits per heavy atom. The normalized spacial score (nSPS) is 10.5. The van der Waals surface area contributed by atoms with Crippen LogP contribution in [0.5, 0.6) is 0 Å². The molecule has 0 aliphatic rings. The van der Waals surface area contributed by atoms with Crippen LogP contribution in [0.2, 0.25) is 0 Å². The van der Waals surface area contributed by atoms with Crippen LogP contribution in [-0.4, -0.2) is 22.4 Å². The Kier molecular flexibility index (Phi) is 10.1. The van der Waals surface area contributed by atoms with E-state index in [-0.39, 0.29) is 30.7 Å². The quantitative estimate of drug-likeness (QED) is 0.758. The maximum absolute atomic E-state index is 12.4. The first-order chi connectivity index (χ1) is 10.6. The summed E-state index contributed by atoms with van der Waals surface area (Å²) < 4.78 is 0. The van der Waals surface area contributed by atoms with Crippen molar-refractivity contribution in [2.24, 2.45) is 11.1 Å². The summed E-state index contributed by atoms with van der Waals surface area (Å²) in [5.41, 5.74) is 7.27. The standard InChI is InChI=1S/C16H22N4OS.2ClH/c1-3-16(4-2,11-17)15(21)19-9-14-20-13(10-22-14)12-5-7-18-8-6-12;;/h5-8,10H,3-4,9,11,17H2,1-2H3,(H,19,21);2*1H. The van der Waals surface area contributed by atoms with E-state index in [0.717, 1.165) is 29.1 Å². The number of pyridine rings is 1. The topological polar surface area (TPSA) is 80.9 Å². The second-order valence-corrected chi connectivity index (χ2v) is 6.18. The number of hydrogen-bond acceptors (Lipinski definition) is 5. The SMILES string of the molecule is CCC(CC)(CN)C(=O)NCc1nc(-c2ccncc2)cs1.Cl.Cl. The molecule has 0 aliphatic heterocycles. The molecule has 0 spiro atoms. The molecule has 0 unspecified atom stereocenters. The van der Waals surface area contributed by atoms with Gasteiger partial charge < -0.3 is 11.1 Å². The van der Waals surface area contributed by atoms with Crippen LogP contribution in [0.1, 0.15) is 31.7 Å². The number of nitrogens with two attached hydrogens (primary N) is 1. The zero-order chi connectivity index (χ0) is 16.0. The van der Waals surface area contributed by atoms with Crippen LogP contribution >= 0.6 is 36.2 Å². The van der Waals surface area contributed by atoms with Crippen LogP contribution in [-0.2, 0) is 11.3 Å². The van der Waals surface area contributed by atoms with Crippen LogP contribution in [0.4, 0.5) is 0 Å².